The van der Waals surface area contributed by atoms with Crippen LogP contribution in [0.2, 0.25) is 0 Å². The summed E-state index contributed by atoms with van der Waals surface area (Å²) < 4.78 is 5.34. The van der Waals surface area contributed by atoms with Crippen LogP contribution in [0, 0.1) is 0 Å². The fourth-order valence-corrected chi connectivity index (χ4v) is 6.52. The van der Waals surface area contributed by atoms with Crippen molar-refractivity contribution >= 4 is 11.9 Å². The maximum Gasteiger partial charge on any atom is 0.335 e. The van der Waals surface area contributed by atoms with Gasteiger partial charge in [-0.15, -0.1) is 0 Å². The van der Waals surface area contributed by atoms with Gasteiger partial charge in [0, 0.05) is 77.1 Å². The van der Waals surface area contributed by atoms with Crippen LogP contribution < -0.4 is 0 Å². The second kappa shape index (κ2) is 14.3. The summed E-state index contributed by atoms with van der Waals surface area (Å²) in [6.07, 6.45) is 0. The van der Waals surface area contributed by atoms with E-state index < -0.39 is 5.97 Å². The number of nitrogens with zero attached hydrogens (tertiary/aromatic N) is 4. The number of carboxylic acid groups (broad SMARTS) is 1. The van der Waals surface area contributed by atoms with Gasteiger partial charge in [0.1, 0.15) is 5.75 Å². The molecule has 2 N–H and O–H groups in total. The van der Waals surface area contributed by atoms with E-state index in [1.54, 1.807) is 25.3 Å². The molecule has 0 bridgehead atoms. The highest BCUT2D eigenvalue weighted by Crippen LogP contribution is 2.35. The van der Waals surface area contributed by atoms with Crippen molar-refractivity contribution in [2.24, 2.45) is 0 Å². The van der Waals surface area contributed by atoms with Crippen LogP contribution in [-0.2, 0) is 11.3 Å². The number of carbonyl (C=O) groups excluding carboxylic acids is 1. The Morgan fingerprint density at radius 2 is 1.55 bits per heavy atom. The first-order chi connectivity index (χ1) is 21.2. The number of hydrogen-bond donors (Lipinski definition) is 2. The summed E-state index contributed by atoms with van der Waals surface area (Å²) in [6, 6.07) is 22.9. The van der Waals surface area contributed by atoms with Gasteiger partial charge in [-0.1, -0.05) is 36.4 Å². The Bertz CT molecular complexity index is 1420. The van der Waals surface area contributed by atoms with Gasteiger partial charge in [0.2, 0.25) is 0 Å². The Morgan fingerprint density at radius 3 is 2.20 bits per heavy atom. The molecule has 3 aromatic rings. The van der Waals surface area contributed by atoms with Gasteiger partial charge >= 0.3 is 5.97 Å². The lowest BCUT2D eigenvalue weighted by molar-refractivity contribution is 0.0116. The lowest BCUT2D eigenvalue weighted by atomic mass is 9.92. The Labute approximate surface area is 260 Å². The summed E-state index contributed by atoms with van der Waals surface area (Å²) >= 11 is 0. The predicted molar refractivity (Wildman–Crippen MR) is 170 cm³/mol. The molecule has 0 aromatic heterocycles. The van der Waals surface area contributed by atoms with Crippen molar-refractivity contribution in [1.29, 1.82) is 0 Å². The zero-order valence-electron chi connectivity index (χ0n) is 25.9. The number of ether oxygens (including phenoxy) is 1. The van der Waals surface area contributed by atoms with Crippen molar-refractivity contribution in [2.75, 3.05) is 59.5 Å². The van der Waals surface area contributed by atoms with E-state index in [2.05, 4.69) is 40.7 Å². The van der Waals surface area contributed by atoms with Crippen molar-refractivity contribution in [3.63, 3.8) is 0 Å². The number of carboxylic acids is 1. The van der Waals surface area contributed by atoms with Crippen LogP contribution in [0.15, 0.2) is 72.8 Å². The number of aromatic hydroxyl groups is 1. The van der Waals surface area contributed by atoms with E-state index in [0.717, 1.165) is 56.0 Å². The van der Waals surface area contributed by atoms with Crippen molar-refractivity contribution in [1.82, 2.24) is 19.6 Å². The van der Waals surface area contributed by atoms with Crippen molar-refractivity contribution in [3.05, 3.63) is 101 Å². The van der Waals surface area contributed by atoms with Crippen LogP contribution in [0.4, 0.5) is 0 Å². The van der Waals surface area contributed by atoms with Gasteiger partial charge in [0.25, 0.3) is 5.91 Å². The first-order valence-electron chi connectivity index (χ1n) is 15.4. The zero-order valence-corrected chi connectivity index (χ0v) is 25.9. The molecule has 0 spiro atoms. The molecule has 2 fully saturated rings. The molecule has 3 atom stereocenters. The quantitative estimate of drug-likeness (QED) is 0.358. The molecule has 2 aliphatic rings. The molecule has 44 heavy (non-hydrogen) atoms. The van der Waals surface area contributed by atoms with E-state index in [9.17, 15) is 14.7 Å². The maximum absolute atomic E-state index is 13.7. The lowest BCUT2D eigenvalue weighted by Gasteiger charge is -2.47. The molecule has 3 aromatic carbocycles. The third-order valence-corrected chi connectivity index (χ3v) is 8.98. The number of phenols is 1. The predicted octanol–water partition coefficient (Wildman–Crippen LogP) is 4.18. The number of hydrogen-bond acceptors (Lipinski definition) is 7. The number of rotatable bonds is 10. The summed E-state index contributed by atoms with van der Waals surface area (Å²) in [7, 11) is 1.74. The molecule has 5 rings (SSSR count). The standard InChI is InChI=1S/C35H44N4O5/c1-25-23-39(26(2)22-38(25)18-19-44-3)33(30-7-5-9-32(40)21-30)29-6-4-8-31(20-29)34(41)37-16-14-36(15-17-37)24-27-10-12-28(13-11-27)35(42)43/h4-13,20-21,25-26,33,40H,14-19,22-24H2,1-3H3,(H,42,43)/t25-,26+,33?/m1/s1. The zero-order chi connectivity index (χ0) is 31.2. The van der Waals surface area contributed by atoms with Gasteiger partial charge in [-0.05, 0) is 66.9 Å². The molecule has 234 valence electrons. The van der Waals surface area contributed by atoms with Crippen LogP contribution in [-0.4, -0.2) is 113 Å². The Hall–Kier alpha value is -3.76. The van der Waals surface area contributed by atoms with E-state index in [-0.39, 0.29) is 29.3 Å². The minimum absolute atomic E-state index is 0.0257. The molecule has 9 heteroatoms. The number of benzene rings is 3. The minimum Gasteiger partial charge on any atom is -0.508 e. The molecule has 2 heterocycles. The van der Waals surface area contributed by atoms with E-state index in [4.69, 9.17) is 9.84 Å². The van der Waals surface area contributed by atoms with Crippen LogP contribution in [0.1, 0.15) is 57.3 Å². The van der Waals surface area contributed by atoms with Crippen molar-refractivity contribution < 1.29 is 24.5 Å². The Kier molecular flexibility index (Phi) is 10.3. The van der Waals surface area contributed by atoms with Gasteiger partial charge in [-0.3, -0.25) is 19.5 Å². The highest BCUT2D eigenvalue weighted by Gasteiger charge is 2.35. The molecular weight excluding hydrogens is 556 g/mol. The molecule has 9 nitrogen and oxygen atoms in total. The smallest absolute Gasteiger partial charge is 0.335 e. The first kappa shape index (κ1) is 31.7. The third kappa shape index (κ3) is 7.47. The Balaban J connectivity index is 1.30. The fraction of sp³-hybridized carbons (Fsp3) is 0.429. The van der Waals surface area contributed by atoms with Gasteiger partial charge < -0.3 is 19.8 Å². The normalized spacial score (nSPS) is 20.8. The number of piperazine rings is 2. The minimum atomic E-state index is -0.925. The van der Waals surface area contributed by atoms with Crippen LogP contribution in [0.5, 0.6) is 5.75 Å². The van der Waals surface area contributed by atoms with Gasteiger partial charge in [0.05, 0.1) is 18.2 Å². The molecular formula is C35H44N4O5. The maximum atomic E-state index is 13.7. The summed E-state index contributed by atoms with van der Waals surface area (Å²) in [5.74, 6) is -0.668. The largest absolute Gasteiger partial charge is 0.508 e. The van der Waals surface area contributed by atoms with Gasteiger partial charge in [0.15, 0.2) is 0 Å². The van der Waals surface area contributed by atoms with Gasteiger partial charge in [-0.2, -0.15) is 0 Å². The van der Waals surface area contributed by atoms with E-state index in [1.165, 1.54) is 0 Å². The van der Waals surface area contributed by atoms with Crippen LogP contribution >= 0.6 is 0 Å². The van der Waals surface area contributed by atoms with Crippen molar-refractivity contribution in [2.45, 2.75) is 38.5 Å². The fourth-order valence-electron chi connectivity index (χ4n) is 6.52. The molecule has 1 amide bonds. The number of carbonyl (C=O) groups is 2. The summed E-state index contributed by atoms with van der Waals surface area (Å²) in [4.78, 5) is 34.1. The van der Waals surface area contributed by atoms with E-state index >= 15 is 0 Å². The number of methoxy groups -OCH3 is 1. The molecule has 2 saturated heterocycles. The highest BCUT2D eigenvalue weighted by molar-refractivity contribution is 5.94. The number of phenolic OH excluding ortho intramolecular Hbond substituents is 1. The van der Waals surface area contributed by atoms with Crippen LogP contribution in [0.3, 0.4) is 0 Å². The van der Waals surface area contributed by atoms with E-state index in [1.807, 2.05) is 47.4 Å². The summed E-state index contributed by atoms with van der Waals surface area (Å²) in [6.45, 7) is 11.3. The second-order valence-electron chi connectivity index (χ2n) is 12.1. The molecule has 1 unspecified atom stereocenters. The van der Waals surface area contributed by atoms with Crippen LogP contribution in [0.25, 0.3) is 0 Å². The first-order valence-corrected chi connectivity index (χ1v) is 15.4. The topological polar surface area (TPSA) is 96.8 Å². The van der Waals surface area contributed by atoms with Crippen molar-refractivity contribution in [3.8, 4) is 5.75 Å². The molecule has 0 aliphatic carbocycles. The van der Waals surface area contributed by atoms with Gasteiger partial charge in [-0.25, -0.2) is 4.79 Å². The Morgan fingerprint density at radius 1 is 0.864 bits per heavy atom. The van der Waals surface area contributed by atoms with E-state index in [0.29, 0.717) is 31.3 Å². The molecule has 2 aliphatic heterocycles. The summed E-state index contributed by atoms with van der Waals surface area (Å²) in [5.41, 5.74) is 4.05. The highest BCUT2D eigenvalue weighted by atomic mass is 16.5. The average Bonchev–Trinajstić information content (AvgIpc) is 3.02. The second-order valence-corrected chi connectivity index (χ2v) is 12.1. The summed E-state index contributed by atoms with van der Waals surface area (Å²) in [5, 5.41) is 19.5. The average molecular weight is 601 g/mol. The third-order valence-electron chi connectivity index (χ3n) is 8.98. The number of amides is 1. The number of aromatic carboxylic acids is 1. The monoisotopic (exact) mass is 600 g/mol. The molecule has 0 saturated carbocycles. The SMILES string of the molecule is COCCN1C[C@H](C)N(C(c2cccc(O)c2)c2cccc(C(=O)N3CCN(Cc4ccc(C(=O)O)cc4)CC3)c2)C[C@H]1C. The lowest BCUT2D eigenvalue weighted by Crippen LogP contribution is -2.57. The molecule has 0 radical (unpaired) electrons.